The molecule has 0 unspecified atom stereocenters. The van der Waals surface area contributed by atoms with Gasteiger partial charge in [0.2, 0.25) is 11.5 Å². The fourth-order valence-electron chi connectivity index (χ4n) is 4.57. The van der Waals surface area contributed by atoms with Gasteiger partial charge in [0.15, 0.2) is 23.0 Å². The van der Waals surface area contributed by atoms with E-state index in [4.69, 9.17) is 9.47 Å². The Hall–Kier alpha value is -6.90. The molecule has 0 aliphatic carbocycles. The van der Waals surface area contributed by atoms with Crippen molar-refractivity contribution in [3.05, 3.63) is 54.6 Å². The Labute approximate surface area is 250 Å². The zero-order valence-electron chi connectivity index (χ0n) is 22.3. The van der Waals surface area contributed by atoms with Crippen molar-refractivity contribution in [2.45, 2.75) is 0 Å². The first-order valence-electron chi connectivity index (χ1n) is 12.4. The molecule has 15 nitrogen and oxygen atoms in total. The molecule has 0 fully saturated rings. The first-order valence-corrected chi connectivity index (χ1v) is 12.4. The summed E-state index contributed by atoms with van der Waals surface area (Å²) in [6.45, 7) is 0. The highest BCUT2D eigenvalue weighted by molar-refractivity contribution is 5.98. The van der Waals surface area contributed by atoms with Gasteiger partial charge >= 0.3 is 0 Å². The molecule has 5 aromatic rings. The smallest absolute Gasteiger partial charge is 0.212 e. The van der Waals surface area contributed by atoms with Crippen molar-refractivity contribution in [1.82, 2.24) is 0 Å². The lowest BCUT2D eigenvalue weighted by Gasteiger charge is -2.21. The number of hydrogen-bond acceptors (Lipinski definition) is 15. The van der Waals surface area contributed by atoms with Gasteiger partial charge in [0.25, 0.3) is 0 Å². The monoisotopic (exact) mass is 622 g/mol. The van der Waals surface area contributed by atoms with Crippen LogP contribution in [0.15, 0.2) is 54.6 Å². The minimum atomic E-state index is -1.22. The Morgan fingerprint density at radius 2 is 0.689 bits per heavy atom. The molecule has 5 rings (SSSR count). The Bertz CT molecular complexity index is 1850. The third-order valence-corrected chi connectivity index (χ3v) is 6.37. The molecule has 0 atom stereocenters. The van der Waals surface area contributed by atoms with Crippen LogP contribution < -0.4 is 9.47 Å². The topological polar surface area (TPSA) is 281 Å². The Morgan fingerprint density at radius 1 is 0.311 bits per heavy atom. The maximum absolute atomic E-state index is 11.3. The molecule has 0 spiro atoms. The molecule has 0 heterocycles. The van der Waals surface area contributed by atoms with Crippen LogP contribution in [-0.2, 0) is 0 Å². The van der Waals surface area contributed by atoms with Crippen LogP contribution in [0.25, 0.3) is 22.3 Å². The van der Waals surface area contributed by atoms with Crippen LogP contribution in [0.3, 0.4) is 0 Å². The molecule has 5 aromatic carbocycles. The van der Waals surface area contributed by atoms with E-state index in [1.54, 1.807) is 0 Å². The minimum Gasteiger partial charge on any atom is -0.508 e. The van der Waals surface area contributed by atoms with Crippen LogP contribution in [0.5, 0.6) is 97.7 Å². The molecule has 0 bridgehead atoms. The van der Waals surface area contributed by atoms with Gasteiger partial charge in [-0.05, 0) is 0 Å². The molecular formula is C30H22O15. The van der Waals surface area contributed by atoms with E-state index in [1.807, 2.05) is 0 Å². The van der Waals surface area contributed by atoms with Gasteiger partial charge in [-0.15, -0.1) is 0 Å². The lowest BCUT2D eigenvalue weighted by atomic mass is 9.92. The zero-order chi connectivity index (χ0) is 32.9. The van der Waals surface area contributed by atoms with Crippen molar-refractivity contribution in [3.8, 4) is 120 Å². The van der Waals surface area contributed by atoms with Crippen LogP contribution >= 0.6 is 0 Å². The van der Waals surface area contributed by atoms with Crippen molar-refractivity contribution in [3.63, 3.8) is 0 Å². The minimum absolute atomic E-state index is 0.267. The Morgan fingerprint density at radius 3 is 1.13 bits per heavy atom. The van der Waals surface area contributed by atoms with Crippen molar-refractivity contribution in [2.75, 3.05) is 0 Å². The number of rotatable bonds is 6. The number of ether oxygens (including phenoxy) is 2. The lowest BCUT2D eigenvalue weighted by Crippen LogP contribution is -1.96. The largest absolute Gasteiger partial charge is 0.508 e. The van der Waals surface area contributed by atoms with E-state index in [0.29, 0.717) is 0 Å². The molecule has 0 radical (unpaired) electrons. The summed E-state index contributed by atoms with van der Waals surface area (Å²) in [5, 5.41) is 136. The van der Waals surface area contributed by atoms with Crippen LogP contribution in [0.2, 0.25) is 0 Å². The molecule has 13 N–H and O–H groups in total. The molecule has 15 heteroatoms. The molecular weight excluding hydrogens is 600 g/mol. The summed E-state index contributed by atoms with van der Waals surface area (Å²) in [6, 6.07) is 7.54. The van der Waals surface area contributed by atoms with Crippen molar-refractivity contribution in [1.29, 1.82) is 0 Å². The van der Waals surface area contributed by atoms with Gasteiger partial charge in [0.05, 0.1) is 22.3 Å². The maximum Gasteiger partial charge on any atom is 0.212 e. The SMILES string of the molecule is Oc1cc(O)cc(Oc2c(O)cc(O)cc2Oc2c(O)c(-c3c(O)cc(O)cc3O)c(O)c(-c3c(O)cc(O)cc3O)c2O)c1. The number of benzene rings is 5. The standard InChI is InChI=1S/C30H22O15/c31-10-1-11(32)3-15(2-10)44-29-20(40)8-14(35)9-21(29)45-30-27(42)24(22-16(36)4-12(33)5-17(22)37)26(41)25(28(30)43)23-18(38)6-13(34)7-19(23)39/h1-9,31-43H. The average molecular weight is 622 g/mol. The zero-order valence-corrected chi connectivity index (χ0v) is 22.3. The quantitative estimate of drug-likeness (QED) is 0.121. The fraction of sp³-hybridized carbons (Fsp3) is 0. The third-order valence-electron chi connectivity index (χ3n) is 6.37. The average Bonchev–Trinajstić information content (AvgIpc) is 2.90. The number of hydrogen-bond donors (Lipinski definition) is 13. The Balaban J connectivity index is 1.82. The summed E-state index contributed by atoms with van der Waals surface area (Å²) in [6.07, 6.45) is 0. The second kappa shape index (κ2) is 10.7. The molecule has 0 aliphatic heterocycles. The summed E-state index contributed by atoms with van der Waals surface area (Å²) >= 11 is 0. The summed E-state index contributed by atoms with van der Waals surface area (Å²) in [7, 11) is 0. The maximum atomic E-state index is 11.3. The fourth-order valence-corrected chi connectivity index (χ4v) is 4.57. The second-order valence-electron chi connectivity index (χ2n) is 9.52. The molecule has 0 amide bonds. The van der Waals surface area contributed by atoms with Gasteiger partial charge in [-0.1, -0.05) is 0 Å². The summed E-state index contributed by atoms with van der Waals surface area (Å²) in [5.41, 5.74) is -3.25. The van der Waals surface area contributed by atoms with Gasteiger partial charge in [0, 0.05) is 54.6 Å². The first kappa shape index (κ1) is 29.6. The molecule has 45 heavy (non-hydrogen) atoms. The predicted molar refractivity (Wildman–Crippen MR) is 152 cm³/mol. The van der Waals surface area contributed by atoms with Gasteiger partial charge in [0.1, 0.15) is 63.2 Å². The van der Waals surface area contributed by atoms with Crippen molar-refractivity contribution >= 4 is 0 Å². The number of phenolic OH excluding ortho intramolecular Hbond substituents is 13. The molecule has 0 aromatic heterocycles. The molecule has 0 aliphatic rings. The Kier molecular flexibility index (Phi) is 7.06. The molecule has 0 saturated carbocycles. The highest BCUT2D eigenvalue weighted by atomic mass is 16.5. The van der Waals surface area contributed by atoms with E-state index in [9.17, 15) is 66.4 Å². The first-order chi connectivity index (χ1) is 21.2. The normalized spacial score (nSPS) is 10.9. The van der Waals surface area contributed by atoms with Gasteiger partial charge in [-0.3, -0.25) is 0 Å². The van der Waals surface area contributed by atoms with Crippen LogP contribution in [0, 0.1) is 0 Å². The summed E-state index contributed by atoms with van der Waals surface area (Å²) in [4.78, 5) is 0. The highest BCUT2D eigenvalue weighted by Gasteiger charge is 2.33. The lowest BCUT2D eigenvalue weighted by molar-refractivity contribution is 0.344. The van der Waals surface area contributed by atoms with E-state index in [0.717, 1.165) is 54.6 Å². The van der Waals surface area contributed by atoms with Crippen LogP contribution in [0.4, 0.5) is 0 Å². The van der Waals surface area contributed by atoms with E-state index in [2.05, 4.69) is 0 Å². The van der Waals surface area contributed by atoms with E-state index >= 15 is 0 Å². The van der Waals surface area contributed by atoms with E-state index in [1.165, 1.54) is 0 Å². The van der Waals surface area contributed by atoms with Crippen molar-refractivity contribution in [2.24, 2.45) is 0 Å². The summed E-state index contributed by atoms with van der Waals surface area (Å²) in [5.74, 6) is -13.5. The van der Waals surface area contributed by atoms with Crippen LogP contribution in [-0.4, -0.2) is 66.4 Å². The van der Waals surface area contributed by atoms with E-state index in [-0.39, 0.29) is 5.75 Å². The number of aromatic hydroxyl groups is 13. The van der Waals surface area contributed by atoms with Gasteiger partial charge < -0.3 is 75.9 Å². The third kappa shape index (κ3) is 5.27. The van der Waals surface area contributed by atoms with Gasteiger partial charge in [-0.2, -0.15) is 0 Å². The van der Waals surface area contributed by atoms with Gasteiger partial charge in [-0.25, -0.2) is 0 Å². The molecule has 232 valence electrons. The highest BCUT2D eigenvalue weighted by Crippen LogP contribution is 2.62. The van der Waals surface area contributed by atoms with E-state index < -0.39 is 114 Å². The number of phenols is 13. The second-order valence-corrected chi connectivity index (χ2v) is 9.52. The summed E-state index contributed by atoms with van der Waals surface area (Å²) < 4.78 is 11.2. The molecule has 0 saturated heterocycles. The van der Waals surface area contributed by atoms with Crippen LogP contribution in [0.1, 0.15) is 0 Å². The van der Waals surface area contributed by atoms with Crippen molar-refractivity contribution < 1.29 is 75.9 Å². The predicted octanol–water partition coefficient (Wildman–Crippen LogP) is 4.78.